The van der Waals surface area contributed by atoms with Gasteiger partial charge in [-0.2, -0.15) is 5.10 Å². The second-order valence-corrected chi connectivity index (χ2v) is 6.86. The fourth-order valence-corrected chi connectivity index (χ4v) is 3.76. The second-order valence-electron chi connectivity index (χ2n) is 6.86. The third-order valence-electron chi connectivity index (χ3n) is 4.90. The van der Waals surface area contributed by atoms with Gasteiger partial charge in [0.25, 0.3) is 5.91 Å². The van der Waals surface area contributed by atoms with Crippen molar-refractivity contribution < 1.29 is 4.79 Å². The third-order valence-corrected chi connectivity index (χ3v) is 4.90. The van der Waals surface area contributed by atoms with Gasteiger partial charge in [-0.1, -0.05) is 6.92 Å². The summed E-state index contributed by atoms with van der Waals surface area (Å²) in [5.41, 5.74) is 3.63. The molecule has 3 rings (SSSR count). The summed E-state index contributed by atoms with van der Waals surface area (Å²) < 4.78 is 4.04. The van der Waals surface area contributed by atoms with E-state index in [0.717, 1.165) is 60.9 Å². The number of rotatable bonds is 4. The summed E-state index contributed by atoms with van der Waals surface area (Å²) in [5.74, 6) is 1.51. The maximum Gasteiger partial charge on any atom is 0.257 e. The average molecular weight is 329 g/mol. The normalized spacial score (nSPS) is 17.7. The standard InChI is InChI=1S/C18H27N5O/c1-6-8-23-14(4)16(13(3)20-23)18(24)22-9-7-15(11-22)17-19-12(2)10-21(17)5/h10,15H,6-9,11H2,1-5H3. The average Bonchev–Trinajstić information content (AvgIpc) is 3.19. The molecule has 2 aromatic rings. The van der Waals surface area contributed by atoms with Crippen LogP contribution in [0.25, 0.3) is 0 Å². The molecule has 1 fully saturated rings. The summed E-state index contributed by atoms with van der Waals surface area (Å²) in [6, 6.07) is 0. The largest absolute Gasteiger partial charge is 0.338 e. The predicted molar refractivity (Wildman–Crippen MR) is 93.2 cm³/mol. The Bertz CT molecular complexity index is 758. The van der Waals surface area contributed by atoms with E-state index >= 15 is 0 Å². The van der Waals surface area contributed by atoms with Crippen molar-refractivity contribution in [3.8, 4) is 0 Å². The summed E-state index contributed by atoms with van der Waals surface area (Å²) >= 11 is 0. The molecule has 0 aliphatic carbocycles. The Morgan fingerprint density at radius 2 is 2.08 bits per heavy atom. The Labute approximate surface area is 143 Å². The number of likely N-dealkylation sites (tertiary alicyclic amines) is 1. The lowest BCUT2D eigenvalue weighted by Crippen LogP contribution is -2.29. The number of carbonyl (C=O) groups is 1. The van der Waals surface area contributed by atoms with E-state index in [-0.39, 0.29) is 5.91 Å². The van der Waals surface area contributed by atoms with Crippen LogP contribution >= 0.6 is 0 Å². The minimum absolute atomic E-state index is 0.112. The van der Waals surface area contributed by atoms with Crippen molar-refractivity contribution in [1.29, 1.82) is 0 Å². The molecular formula is C18H27N5O. The van der Waals surface area contributed by atoms with Crippen LogP contribution in [0.2, 0.25) is 0 Å². The van der Waals surface area contributed by atoms with E-state index in [4.69, 9.17) is 0 Å². The molecule has 1 atom stereocenters. The maximum atomic E-state index is 13.0. The summed E-state index contributed by atoms with van der Waals surface area (Å²) in [6.07, 6.45) is 4.03. The lowest BCUT2D eigenvalue weighted by molar-refractivity contribution is 0.0789. The third kappa shape index (κ3) is 2.85. The summed E-state index contributed by atoms with van der Waals surface area (Å²) in [5, 5.41) is 4.54. The topological polar surface area (TPSA) is 56.0 Å². The van der Waals surface area contributed by atoms with Crippen LogP contribution in [0.1, 0.15) is 58.9 Å². The molecule has 0 aromatic carbocycles. The SMILES string of the molecule is CCCn1nc(C)c(C(=O)N2CCC(c3nc(C)cn3C)C2)c1C. The van der Waals surface area contributed by atoms with E-state index in [2.05, 4.69) is 21.6 Å². The number of nitrogens with zero attached hydrogens (tertiary/aromatic N) is 5. The highest BCUT2D eigenvalue weighted by molar-refractivity contribution is 5.96. The van der Waals surface area contributed by atoms with Crippen molar-refractivity contribution in [2.45, 2.75) is 53.0 Å². The molecule has 0 N–H and O–H groups in total. The molecule has 1 aliphatic rings. The molecule has 1 unspecified atom stereocenters. The zero-order chi connectivity index (χ0) is 17.4. The number of hydrogen-bond acceptors (Lipinski definition) is 3. The highest BCUT2D eigenvalue weighted by Gasteiger charge is 2.32. The Balaban J connectivity index is 1.79. The van der Waals surface area contributed by atoms with Crippen molar-refractivity contribution in [2.24, 2.45) is 7.05 Å². The number of aromatic nitrogens is 4. The molecular weight excluding hydrogens is 302 g/mol. The van der Waals surface area contributed by atoms with E-state index < -0.39 is 0 Å². The van der Waals surface area contributed by atoms with E-state index in [9.17, 15) is 4.79 Å². The van der Waals surface area contributed by atoms with Gasteiger partial charge in [0.05, 0.1) is 17.0 Å². The van der Waals surface area contributed by atoms with Gasteiger partial charge in [-0.05, 0) is 33.6 Å². The summed E-state index contributed by atoms with van der Waals surface area (Å²) in [7, 11) is 2.03. The number of carbonyl (C=O) groups excluding carboxylic acids is 1. The number of imidazole rings is 1. The van der Waals surface area contributed by atoms with Crippen LogP contribution in [-0.4, -0.2) is 43.2 Å². The maximum absolute atomic E-state index is 13.0. The lowest BCUT2D eigenvalue weighted by Gasteiger charge is -2.17. The van der Waals surface area contributed by atoms with Crippen LogP contribution in [0.3, 0.4) is 0 Å². The molecule has 6 nitrogen and oxygen atoms in total. The van der Waals surface area contributed by atoms with Gasteiger partial charge in [0.1, 0.15) is 5.82 Å². The fourth-order valence-electron chi connectivity index (χ4n) is 3.76. The fraction of sp³-hybridized carbons (Fsp3) is 0.611. The second kappa shape index (κ2) is 6.42. The molecule has 24 heavy (non-hydrogen) atoms. The summed E-state index contributed by atoms with van der Waals surface area (Å²) in [6.45, 7) is 10.4. The van der Waals surface area contributed by atoms with Gasteiger partial charge in [-0.3, -0.25) is 9.48 Å². The molecule has 3 heterocycles. The molecule has 130 valence electrons. The number of amides is 1. The zero-order valence-electron chi connectivity index (χ0n) is 15.3. The van der Waals surface area contributed by atoms with Crippen molar-refractivity contribution in [3.63, 3.8) is 0 Å². The van der Waals surface area contributed by atoms with Crippen molar-refractivity contribution >= 4 is 5.91 Å². The quantitative estimate of drug-likeness (QED) is 0.866. The smallest absolute Gasteiger partial charge is 0.257 e. The molecule has 1 amide bonds. The van der Waals surface area contributed by atoms with Crippen LogP contribution in [0.5, 0.6) is 0 Å². The van der Waals surface area contributed by atoms with E-state index in [0.29, 0.717) is 5.92 Å². The van der Waals surface area contributed by atoms with Crippen molar-refractivity contribution in [2.75, 3.05) is 13.1 Å². The van der Waals surface area contributed by atoms with Crippen LogP contribution in [0, 0.1) is 20.8 Å². The predicted octanol–water partition coefficient (Wildman–Crippen LogP) is 2.58. The van der Waals surface area contributed by atoms with Crippen molar-refractivity contribution in [3.05, 3.63) is 34.7 Å². The summed E-state index contributed by atoms with van der Waals surface area (Å²) in [4.78, 5) is 19.6. The molecule has 0 spiro atoms. The first-order valence-corrected chi connectivity index (χ1v) is 8.75. The van der Waals surface area contributed by atoms with Crippen LogP contribution in [-0.2, 0) is 13.6 Å². The Hall–Kier alpha value is -2.11. The molecule has 1 saturated heterocycles. The molecule has 0 radical (unpaired) electrons. The van der Waals surface area contributed by atoms with Gasteiger partial charge < -0.3 is 9.47 Å². The van der Waals surface area contributed by atoms with Crippen LogP contribution < -0.4 is 0 Å². The monoisotopic (exact) mass is 329 g/mol. The highest BCUT2D eigenvalue weighted by Crippen LogP contribution is 2.28. The van der Waals surface area contributed by atoms with Gasteiger partial charge >= 0.3 is 0 Å². The minimum atomic E-state index is 0.112. The highest BCUT2D eigenvalue weighted by atomic mass is 16.2. The number of hydrogen-bond donors (Lipinski definition) is 0. The van der Waals surface area contributed by atoms with Gasteiger partial charge in [-0.15, -0.1) is 0 Å². The molecule has 0 saturated carbocycles. The lowest BCUT2D eigenvalue weighted by atomic mass is 10.1. The van der Waals surface area contributed by atoms with Gasteiger partial charge in [0, 0.05) is 44.5 Å². The minimum Gasteiger partial charge on any atom is -0.338 e. The molecule has 0 bridgehead atoms. The Morgan fingerprint density at radius 3 is 2.71 bits per heavy atom. The molecule has 2 aromatic heterocycles. The van der Waals surface area contributed by atoms with Crippen LogP contribution in [0.15, 0.2) is 6.20 Å². The number of aryl methyl sites for hydroxylation is 4. The Kier molecular flexibility index (Phi) is 4.47. The van der Waals surface area contributed by atoms with E-state index in [1.807, 2.05) is 43.6 Å². The van der Waals surface area contributed by atoms with Crippen molar-refractivity contribution in [1.82, 2.24) is 24.2 Å². The van der Waals surface area contributed by atoms with Gasteiger partial charge in [-0.25, -0.2) is 4.98 Å². The first-order valence-electron chi connectivity index (χ1n) is 8.75. The van der Waals surface area contributed by atoms with E-state index in [1.165, 1.54) is 0 Å². The Morgan fingerprint density at radius 1 is 1.33 bits per heavy atom. The zero-order valence-corrected chi connectivity index (χ0v) is 15.3. The first-order chi connectivity index (χ1) is 11.4. The molecule has 6 heteroatoms. The molecule has 1 aliphatic heterocycles. The van der Waals surface area contributed by atoms with Gasteiger partial charge in [0.2, 0.25) is 0 Å². The van der Waals surface area contributed by atoms with E-state index in [1.54, 1.807) is 0 Å². The first kappa shape index (κ1) is 16.7. The van der Waals surface area contributed by atoms with Gasteiger partial charge in [0.15, 0.2) is 0 Å². The van der Waals surface area contributed by atoms with Crippen LogP contribution in [0.4, 0.5) is 0 Å².